The van der Waals surface area contributed by atoms with Crippen molar-refractivity contribution >= 4 is 23.2 Å². The standard InChI is InChI=1S/C35H32F3N5O2/c36-35(37,38)28-13-10-16-29(23-28)41-32-17-4-5-18-33(32)43(24-27-11-2-1-3-12-27)34(44)45-22-21-42(25-30-14-6-8-19-39-30)26-31-15-7-9-20-40-31/h1-20,23,41H,21-22,24-26H2. The molecule has 0 atom stereocenters. The second kappa shape index (κ2) is 15.0. The van der Waals surface area contributed by atoms with Gasteiger partial charge in [0, 0.05) is 37.7 Å². The van der Waals surface area contributed by atoms with Crippen LogP contribution in [0.1, 0.15) is 22.5 Å². The maximum absolute atomic E-state index is 13.7. The Morgan fingerprint density at radius 2 is 1.38 bits per heavy atom. The molecule has 2 heterocycles. The molecule has 10 heteroatoms. The van der Waals surface area contributed by atoms with Crippen LogP contribution in [-0.2, 0) is 30.5 Å². The molecule has 7 nitrogen and oxygen atoms in total. The quantitative estimate of drug-likeness (QED) is 0.154. The van der Waals surface area contributed by atoms with E-state index >= 15 is 0 Å². The first-order valence-electron chi connectivity index (χ1n) is 14.4. The van der Waals surface area contributed by atoms with Gasteiger partial charge in [0.25, 0.3) is 0 Å². The fraction of sp³-hybridized carbons (Fsp3) is 0.171. The number of amides is 1. The summed E-state index contributed by atoms with van der Waals surface area (Å²) in [5.74, 6) is 0. The third kappa shape index (κ3) is 9.14. The molecule has 5 aromatic rings. The number of anilines is 3. The number of hydrogen-bond donors (Lipinski definition) is 1. The average molecular weight is 612 g/mol. The summed E-state index contributed by atoms with van der Waals surface area (Å²) in [4.78, 5) is 26.2. The first kappa shape index (κ1) is 31.2. The van der Waals surface area contributed by atoms with Crippen LogP contribution in [0.25, 0.3) is 0 Å². The molecule has 1 amide bonds. The maximum atomic E-state index is 13.7. The van der Waals surface area contributed by atoms with Crippen molar-refractivity contribution in [3.63, 3.8) is 0 Å². The van der Waals surface area contributed by atoms with Crippen LogP contribution < -0.4 is 10.2 Å². The minimum Gasteiger partial charge on any atom is -0.448 e. The highest BCUT2D eigenvalue weighted by molar-refractivity contribution is 5.93. The number of para-hydroxylation sites is 2. The van der Waals surface area contributed by atoms with Crippen LogP contribution >= 0.6 is 0 Å². The van der Waals surface area contributed by atoms with Gasteiger partial charge in [-0.2, -0.15) is 13.2 Å². The number of carbonyl (C=O) groups is 1. The topological polar surface area (TPSA) is 70.6 Å². The third-order valence-corrected chi connectivity index (χ3v) is 6.92. The van der Waals surface area contributed by atoms with Crippen LogP contribution in [0, 0.1) is 0 Å². The molecule has 0 spiro atoms. The van der Waals surface area contributed by atoms with Crippen LogP contribution in [-0.4, -0.2) is 34.1 Å². The first-order chi connectivity index (χ1) is 21.8. The lowest BCUT2D eigenvalue weighted by molar-refractivity contribution is -0.137. The lowest BCUT2D eigenvalue weighted by Gasteiger charge is -2.26. The second-order valence-corrected chi connectivity index (χ2v) is 10.3. The van der Waals surface area contributed by atoms with Crippen molar-refractivity contribution < 1.29 is 22.7 Å². The Morgan fingerprint density at radius 1 is 0.733 bits per heavy atom. The number of ether oxygens (including phenoxy) is 1. The second-order valence-electron chi connectivity index (χ2n) is 10.3. The number of nitrogens with one attached hydrogen (secondary N) is 1. The van der Waals surface area contributed by atoms with Gasteiger partial charge in [0.05, 0.1) is 34.9 Å². The van der Waals surface area contributed by atoms with E-state index in [2.05, 4.69) is 20.2 Å². The summed E-state index contributed by atoms with van der Waals surface area (Å²) in [6.45, 7) is 1.76. The van der Waals surface area contributed by atoms with Gasteiger partial charge in [-0.15, -0.1) is 0 Å². The molecule has 230 valence electrons. The number of carbonyl (C=O) groups excluding carboxylic acids is 1. The molecular weight excluding hydrogens is 579 g/mol. The number of nitrogens with zero attached hydrogens (tertiary/aromatic N) is 4. The van der Waals surface area contributed by atoms with Gasteiger partial charge < -0.3 is 10.1 Å². The van der Waals surface area contributed by atoms with Gasteiger partial charge in [0.1, 0.15) is 6.61 Å². The van der Waals surface area contributed by atoms with Crippen molar-refractivity contribution in [1.82, 2.24) is 14.9 Å². The molecule has 3 aromatic carbocycles. The van der Waals surface area contributed by atoms with Gasteiger partial charge in [0.2, 0.25) is 0 Å². The van der Waals surface area contributed by atoms with E-state index in [0.717, 1.165) is 29.1 Å². The van der Waals surface area contributed by atoms with Crippen molar-refractivity contribution in [1.29, 1.82) is 0 Å². The molecule has 0 unspecified atom stereocenters. The Morgan fingerprint density at radius 3 is 2.02 bits per heavy atom. The Labute approximate surface area is 259 Å². The lowest BCUT2D eigenvalue weighted by Crippen LogP contribution is -2.34. The Bertz CT molecular complexity index is 1610. The highest BCUT2D eigenvalue weighted by atomic mass is 19.4. The normalized spacial score (nSPS) is 11.3. The van der Waals surface area contributed by atoms with Crippen LogP contribution in [0.5, 0.6) is 0 Å². The molecule has 0 fully saturated rings. The molecule has 0 aliphatic heterocycles. The predicted octanol–water partition coefficient (Wildman–Crippen LogP) is 8.08. The van der Waals surface area contributed by atoms with Gasteiger partial charge in [-0.25, -0.2) is 4.79 Å². The molecule has 0 aliphatic rings. The maximum Gasteiger partial charge on any atom is 0.416 e. The smallest absolute Gasteiger partial charge is 0.416 e. The minimum absolute atomic E-state index is 0.0903. The summed E-state index contributed by atoms with van der Waals surface area (Å²) < 4.78 is 46.0. The van der Waals surface area contributed by atoms with Gasteiger partial charge in [-0.3, -0.25) is 19.8 Å². The predicted molar refractivity (Wildman–Crippen MR) is 168 cm³/mol. The summed E-state index contributed by atoms with van der Waals surface area (Å²) >= 11 is 0. The van der Waals surface area contributed by atoms with E-state index < -0.39 is 17.8 Å². The Balaban J connectivity index is 1.35. The van der Waals surface area contributed by atoms with E-state index in [1.165, 1.54) is 11.0 Å². The molecule has 45 heavy (non-hydrogen) atoms. The summed E-state index contributed by atoms with van der Waals surface area (Å²) in [5, 5.41) is 3.06. The lowest BCUT2D eigenvalue weighted by atomic mass is 10.1. The third-order valence-electron chi connectivity index (χ3n) is 6.92. The molecule has 0 saturated carbocycles. The fourth-order valence-corrected chi connectivity index (χ4v) is 4.75. The number of hydrogen-bond acceptors (Lipinski definition) is 6. The number of pyridine rings is 2. The van der Waals surface area contributed by atoms with Gasteiger partial charge in [-0.1, -0.05) is 60.7 Å². The van der Waals surface area contributed by atoms with Crippen LogP contribution in [0.4, 0.5) is 35.0 Å². The van der Waals surface area contributed by atoms with Gasteiger partial charge in [0.15, 0.2) is 0 Å². The summed E-state index contributed by atoms with van der Waals surface area (Å²) in [6, 6.07) is 32.7. The van der Waals surface area contributed by atoms with Crippen molar-refractivity contribution in [2.75, 3.05) is 23.4 Å². The monoisotopic (exact) mass is 611 g/mol. The van der Waals surface area contributed by atoms with Crippen LogP contribution in [0.2, 0.25) is 0 Å². The highest BCUT2D eigenvalue weighted by Gasteiger charge is 2.30. The molecule has 0 bridgehead atoms. The SMILES string of the molecule is O=C(OCCN(Cc1ccccn1)Cc1ccccn1)N(Cc1ccccc1)c1ccccc1Nc1cccc(C(F)(F)F)c1. The molecular formula is C35H32F3N5O2. The highest BCUT2D eigenvalue weighted by Crippen LogP contribution is 2.34. The van der Waals surface area contributed by atoms with E-state index in [4.69, 9.17) is 4.74 Å². The summed E-state index contributed by atoms with van der Waals surface area (Å²) in [6.07, 6.45) is -1.60. The molecule has 0 radical (unpaired) electrons. The minimum atomic E-state index is -4.48. The number of benzene rings is 3. The van der Waals surface area contributed by atoms with Crippen molar-refractivity contribution in [2.45, 2.75) is 25.8 Å². The average Bonchev–Trinajstić information content (AvgIpc) is 3.05. The van der Waals surface area contributed by atoms with Crippen molar-refractivity contribution in [2.24, 2.45) is 0 Å². The number of aromatic nitrogens is 2. The Kier molecular flexibility index (Phi) is 10.4. The zero-order valence-corrected chi connectivity index (χ0v) is 24.4. The van der Waals surface area contributed by atoms with E-state index in [1.54, 1.807) is 42.7 Å². The zero-order chi connectivity index (χ0) is 31.5. The zero-order valence-electron chi connectivity index (χ0n) is 24.4. The van der Waals surface area contributed by atoms with E-state index in [-0.39, 0.29) is 18.8 Å². The van der Waals surface area contributed by atoms with E-state index in [9.17, 15) is 18.0 Å². The molecule has 0 saturated heterocycles. The summed E-state index contributed by atoms with van der Waals surface area (Å²) in [7, 11) is 0. The summed E-state index contributed by atoms with van der Waals surface area (Å²) in [5.41, 5.74) is 2.99. The number of halogens is 3. The fourth-order valence-electron chi connectivity index (χ4n) is 4.75. The van der Waals surface area contributed by atoms with E-state index in [0.29, 0.717) is 31.0 Å². The van der Waals surface area contributed by atoms with E-state index in [1.807, 2.05) is 66.7 Å². The Hall–Kier alpha value is -5.22. The first-order valence-corrected chi connectivity index (χ1v) is 14.4. The molecule has 0 aliphatic carbocycles. The number of rotatable bonds is 12. The molecule has 1 N–H and O–H groups in total. The molecule has 5 rings (SSSR count). The van der Waals surface area contributed by atoms with Gasteiger partial charge in [-0.05, 0) is 60.2 Å². The number of alkyl halides is 3. The van der Waals surface area contributed by atoms with Gasteiger partial charge >= 0.3 is 12.3 Å². The largest absolute Gasteiger partial charge is 0.448 e. The van der Waals surface area contributed by atoms with Crippen molar-refractivity contribution in [3.05, 3.63) is 150 Å². The van der Waals surface area contributed by atoms with Crippen molar-refractivity contribution in [3.8, 4) is 0 Å². The van der Waals surface area contributed by atoms with Crippen LogP contribution in [0.3, 0.4) is 0 Å². The molecule has 2 aromatic heterocycles. The van der Waals surface area contributed by atoms with Crippen LogP contribution in [0.15, 0.2) is 128 Å².